The van der Waals surface area contributed by atoms with Crippen LogP contribution in [-0.4, -0.2) is 33.3 Å². The lowest BCUT2D eigenvalue weighted by atomic mass is 10.1. The molecule has 1 aliphatic heterocycles. The number of aromatic hydroxyl groups is 3. The smallest absolute Gasteiger partial charge is 0.235 e. The van der Waals surface area contributed by atoms with Crippen molar-refractivity contribution in [2.24, 2.45) is 0 Å². The first-order chi connectivity index (χ1) is 13.0. The zero-order chi connectivity index (χ0) is 19.0. The van der Waals surface area contributed by atoms with Gasteiger partial charge in [0.05, 0.1) is 5.39 Å². The lowest BCUT2D eigenvalue weighted by Gasteiger charge is -2.26. The van der Waals surface area contributed by atoms with Crippen LogP contribution >= 0.6 is 12.4 Å². The Labute approximate surface area is 168 Å². The number of phenols is 2. The van der Waals surface area contributed by atoms with E-state index >= 15 is 0 Å². The molecule has 1 aromatic heterocycles. The number of hydrogen-bond donors (Lipinski definition) is 3. The van der Waals surface area contributed by atoms with Gasteiger partial charge in [0.25, 0.3) is 0 Å². The fourth-order valence-corrected chi connectivity index (χ4v) is 3.56. The average molecular weight is 404 g/mol. The molecule has 0 radical (unpaired) electrons. The zero-order valence-corrected chi connectivity index (χ0v) is 16.0. The monoisotopic (exact) mass is 403 g/mol. The molecule has 0 unspecified atom stereocenters. The summed E-state index contributed by atoms with van der Waals surface area (Å²) in [4.78, 5) is 14.8. The second kappa shape index (κ2) is 8.12. The second-order valence-electron chi connectivity index (χ2n) is 6.95. The molecule has 0 saturated carbocycles. The van der Waals surface area contributed by atoms with Crippen molar-refractivity contribution < 1.29 is 19.7 Å². The van der Waals surface area contributed by atoms with Crippen molar-refractivity contribution in [3.8, 4) is 28.6 Å². The first-order valence-corrected chi connectivity index (χ1v) is 9.07. The third kappa shape index (κ3) is 3.66. The fraction of sp³-hybridized carbons (Fsp3) is 0.286. The standard InChI is InChI=1S/C21H21NO5.ClH/c23-16-9-8-15-17(24)19(26)20(27-21(15)18(16)25)14-6-4-13(5-7-14)12-22-10-2-1-3-11-22;/h4-9,23,25-26H,1-3,10-12H2;1H. The maximum Gasteiger partial charge on any atom is 0.235 e. The van der Waals surface area contributed by atoms with E-state index < -0.39 is 16.9 Å². The van der Waals surface area contributed by atoms with Gasteiger partial charge in [0, 0.05) is 12.1 Å². The number of fused-ring (bicyclic) bond motifs is 1. The highest BCUT2D eigenvalue weighted by atomic mass is 35.5. The Balaban J connectivity index is 0.00000225. The van der Waals surface area contributed by atoms with Crippen molar-refractivity contribution in [1.82, 2.24) is 4.90 Å². The SMILES string of the molecule is Cl.O=c1c(O)c(-c2ccc(CN3CCCCC3)cc2)oc2c(O)c(O)ccc12. The van der Waals surface area contributed by atoms with E-state index in [-0.39, 0.29) is 34.9 Å². The number of nitrogens with zero attached hydrogens (tertiary/aromatic N) is 1. The molecule has 148 valence electrons. The summed E-state index contributed by atoms with van der Waals surface area (Å²) in [5, 5.41) is 29.9. The molecule has 2 heterocycles. The van der Waals surface area contributed by atoms with Crippen LogP contribution < -0.4 is 5.43 Å². The van der Waals surface area contributed by atoms with E-state index in [1.165, 1.54) is 31.4 Å². The number of likely N-dealkylation sites (tertiary alicyclic amines) is 1. The molecule has 1 fully saturated rings. The van der Waals surface area contributed by atoms with Crippen LogP contribution in [0.5, 0.6) is 17.2 Å². The Morgan fingerprint density at radius 1 is 0.893 bits per heavy atom. The largest absolute Gasteiger partial charge is 0.504 e. The van der Waals surface area contributed by atoms with Crippen molar-refractivity contribution in [3.05, 3.63) is 52.2 Å². The van der Waals surface area contributed by atoms with Crippen molar-refractivity contribution >= 4 is 23.4 Å². The highest BCUT2D eigenvalue weighted by Gasteiger charge is 2.19. The minimum absolute atomic E-state index is 0. The van der Waals surface area contributed by atoms with Crippen LogP contribution in [0.3, 0.4) is 0 Å². The Morgan fingerprint density at radius 3 is 2.25 bits per heavy atom. The summed E-state index contributed by atoms with van der Waals surface area (Å²) in [6.45, 7) is 3.07. The van der Waals surface area contributed by atoms with Crippen LogP contribution in [0.2, 0.25) is 0 Å². The number of phenolic OH excluding ortho intramolecular Hbond substituents is 2. The lowest BCUT2D eigenvalue weighted by molar-refractivity contribution is 0.221. The van der Waals surface area contributed by atoms with E-state index in [4.69, 9.17) is 4.42 Å². The van der Waals surface area contributed by atoms with E-state index in [2.05, 4.69) is 4.90 Å². The Kier molecular flexibility index (Phi) is 5.82. The summed E-state index contributed by atoms with van der Waals surface area (Å²) in [5.41, 5.74) is 0.865. The van der Waals surface area contributed by atoms with Crippen molar-refractivity contribution in [2.75, 3.05) is 13.1 Å². The molecule has 0 atom stereocenters. The fourth-order valence-electron chi connectivity index (χ4n) is 3.56. The molecule has 1 aliphatic rings. The second-order valence-corrected chi connectivity index (χ2v) is 6.95. The molecule has 0 bridgehead atoms. The third-order valence-corrected chi connectivity index (χ3v) is 5.06. The van der Waals surface area contributed by atoms with Crippen molar-refractivity contribution in [2.45, 2.75) is 25.8 Å². The van der Waals surface area contributed by atoms with E-state index in [9.17, 15) is 20.1 Å². The summed E-state index contributed by atoms with van der Waals surface area (Å²) in [6.07, 6.45) is 3.74. The highest BCUT2D eigenvalue weighted by molar-refractivity contribution is 5.88. The Hall–Kier alpha value is -2.70. The van der Waals surface area contributed by atoms with Crippen LogP contribution in [0.15, 0.2) is 45.6 Å². The Morgan fingerprint density at radius 2 is 1.57 bits per heavy atom. The maximum atomic E-state index is 12.4. The average Bonchev–Trinajstić information content (AvgIpc) is 2.69. The lowest BCUT2D eigenvalue weighted by Crippen LogP contribution is -2.28. The summed E-state index contributed by atoms with van der Waals surface area (Å²) in [5.74, 6) is -1.46. The van der Waals surface area contributed by atoms with Gasteiger partial charge in [-0.05, 0) is 43.6 Å². The quantitative estimate of drug-likeness (QED) is 0.572. The van der Waals surface area contributed by atoms with Gasteiger partial charge in [-0.2, -0.15) is 0 Å². The molecule has 3 aromatic rings. The van der Waals surface area contributed by atoms with Gasteiger partial charge in [-0.1, -0.05) is 30.7 Å². The highest BCUT2D eigenvalue weighted by Crippen LogP contribution is 2.37. The van der Waals surface area contributed by atoms with Gasteiger partial charge in [0.1, 0.15) is 0 Å². The van der Waals surface area contributed by atoms with Gasteiger partial charge in [0.2, 0.25) is 16.9 Å². The molecule has 3 N–H and O–H groups in total. The third-order valence-electron chi connectivity index (χ3n) is 5.06. The van der Waals surface area contributed by atoms with Gasteiger partial charge < -0.3 is 19.7 Å². The zero-order valence-electron chi connectivity index (χ0n) is 15.2. The topological polar surface area (TPSA) is 94.1 Å². The summed E-state index contributed by atoms with van der Waals surface area (Å²) >= 11 is 0. The minimum Gasteiger partial charge on any atom is -0.504 e. The predicted octanol–water partition coefficient (Wildman–Crippen LogP) is 3.98. The molecule has 1 saturated heterocycles. The van der Waals surface area contributed by atoms with Crippen LogP contribution in [0, 0.1) is 0 Å². The molecule has 0 amide bonds. The van der Waals surface area contributed by atoms with Crippen LogP contribution in [-0.2, 0) is 6.54 Å². The molecule has 0 spiro atoms. The molecule has 2 aromatic carbocycles. The molecular formula is C21H22ClNO5. The summed E-state index contributed by atoms with van der Waals surface area (Å²) < 4.78 is 5.59. The number of halogens is 1. The van der Waals surface area contributed by atoms with Crippen LogP contribution in [0.25, 0.3) is 22.3 Å². The van der Waals surface area contributed by atoms with Gasteiger partial charge >= 0.3 is 0 Å². The molecule has 7 heteroatoms. The van der Waals surface area contributed by atoms with E-state index in [1.807, 2.05) is 12.1 Å². The van der Waals surface area contributed by atoms with Crippen molar-refractivity contribution in [3.63, 3.8) is 0 Å². The molecule has 0 aliphatic carbocycles. The Bertz CT molecular complexity index is 1040. The number of benzene rings is 2. The summed E-state index contributed by atoms with van der Waals surface area (Å²) in [6, 6.07) is 9.93. The van der Waals surface area contributed by atoms with Gasteiger partial charge in [-0.25, -0.2) is 0 Å². The molecule has 28 heavy (non-hydrogen) atoms. The van der Waals surface area contributed by atoms with Gasteiger partial charge in [-0.15, -0.1) is 12.4 Å². The minimum atomic E-state index is -0.654. The molecular weight excluding hydrogens is 382 g/mol. The van der Waals surface area contributed by atoms with Gasteiger partial charge in [0.15, 0.2) is 17.1 Å². The molecule has 6 nitrogen and oxygen atoms in total. The van der Waals surface area contributed by atoms with E-state index in [0.29, 0.717) is 5.56 Å². The maximum absolute atomic E-state index is 12.4. The van der Waals surface area contributed by atoms with E-state index in [1.54, 1.807) is 12.1 Å². The van der Waals surface area contributed by atoms with E-state index in [0.717, 1.165) is 25.2 Å². The van der Waals surface area contributed by atoms with Crippen LogP contribution in [0.1, 0.15) is 24.8 Å². The van der Waals surface area contributed by atoms with Crippen molar-refractivity contribution in [1.29, 1.82) is 0 Å². The number of hydrogen-bond acceptors (Lipinski definition) is 6. The van der Waals surface area contributed by atoms with Gasteiger partial charge in [-0.3, -0.25) is 9.69 Å². The van der Waals surface area contributed by atoms with Crippen LogP contribution in [0.4, 0.5) is 0 Å². The first-order valence-electron chi connectivity index (χ1n) is 9.07. The first kappa shape index (κ1) is 20.0. The normalized spacial score (nSPS) is 14.7. The number of piperidine rings is 1. The predicted molar refractivity (Wildman–Crippen MR) is 109 cm³/mol. The summed E-state index contributed by atoms with van der Waals surface area (Å²) in [7, 11) is 0. The number of rotatable bonds is 3. The molecule has 4 rings (SSSR count).